The monoisotopic (exact) mass is 263 g/mol. The maximum absolute atomic E-state index is 12.1. The van der Waals surface area contributed by atoms with Gasteiger partial charge in [-0.1, -0.05) is 12.8 Å². The van der Waals surface area contributed by atoms with Crippen molar-refractivity contribution >= 4 is 11.7 Å². The van der Waals surface area contributed by atoms with E-state index in [0.29, 0.717) is 24.4 Å². The van der Waals surface area contributed by atoms with Crippen molar-refractivity contribution in [2.24, 2.45) is 4.99 Å². The zero-order chi connectivity index (χ0) is 13.1. The van der Waals surface area contributed by atoms with Gasteiger partial charge in [-0.2, -0.15) is 0 Å². The van der Waals surface area contributed by atoms with Gasteiger partial charge in [0.15, 0.2) is 0 Å². The third-order valence-corrected chi connectivity index (χ3v) is 4.69. The molecule has 3 aliphatic rings. The minimum absolute atomic E-state index is 0.319. The molecule has 1 saturated carbocycles. The minimum Gasteiger partial charge on any atom is -0.369 e. The fraction of sp³-hybridized carbons (Fsp3) is 0.867. The van der Waals surface area contributed by atoms with Crippen LogP contribution in [0.4, 0.5) is 0 Å². The van der Waals surface area contributed by atoms with Crippen LogP contribution in [0.25, 0.3) is 0 Å². The van der Waals surface area contributed by atoms with Crippen molar-refractivity contribution in [2.75, 3.05) is 13.1 Å². The average molecular weight is 263 g/mol. The van der Waals surface area contributed by atoms with Crippen LogP contribution < -0.4 is 5.32 Å². The van der Waals surface area contributed by atoms with Crippen molar-refractivity contribution < 1.29 is 4.79 Å². The van der Waals surface area contributed by atoms with Crippen molar-refractivity contribution in [1.82, 2.24) is 10.2 Å². The lowest BCUT2D eigenvalue weighted by Crippen LogP contribution is -2.38. The van der Waals surface area contributed by atoms with E-state index < -0.39 is 0 Å². The molecule has 2 heterocycles. The molecule has 2 aliphatic heterocycles. The topological polar surface area (TPSA) is 44.7 Å². The predicted octanol–water partition coefficient (Wildman–Crippen LogP) is 2.09. The number of fused-ring (bicyclic) bond motifs is 1. The number of piperidine rings is 1. The highest BCUT2D eigenvalue weighted by atomic mass is 16.2. The van der Waals surface area contributed by atoms with Gasteiger partial charge in [-0.3, -0.25) is 9.79 Å². The number of nitrogens with zero attached hydrogens (tertiary/aromatic N) is 2. The van der Waals surface area contributed by atoms with Crippen molar-refractivity contribution in [2.45, 2.75) is 69.9 Å². The van der Waals surface area contributed by atoms with Gasteiger partial charge in [0.1, 0.15) is 0 Å². The number of hydrogen-bond donors (Lipinski definition) is 1. The highest BCUT2D eigenvalue weighted by molar-refractivity contribution is 5.88. The van der Waals surface area contributed by atoms with Crippen LogP contribution in [0.3, 0.4) is 0 Å². The van der Waals surface area contributed by atoms with Crippen LogP contribution in [0, 0.1) is 0 Å². The van der Waals surface area contributed by atoms with Crippen LogP contribution in [0.1, 0.15) is 57.8 Å². The molecule has 3 rings (SSSR count). The molecule has 2 fully saturated rings. The molecule has 0 spiro atoms. The van der Waals surface area contributed by atoms with Gasteiger partial charge in [0.05, 0.1) is 11.9 Å². The molecule has 2 atom stereocenters. The zero-order valence-electron chi connectivity index (χ0n) is 11.7. The summed E-state index contributed by atoms with van der Waals surface area (Å²) in [4.78, 5) is 18.9. The number of hydrogen-bond acceptors (Lipinski definition) is 3. The standard InChI is InChI=1S/C15H25N3O/c19-15(18-10-4-1-5-11-18)9-8-14-16-12-6-2-3-7-13(12)17-14/h12-13H,1-11H2,(H,16,17)/t12-,13+. The average Bonchev–Trinajstić information content (AvgIpc) is 2.88. The molecule has 1 aliphatic carbocycles. The van der Waals surface area contributed by atoms with E-state index in [4.69, 9.17) is 4.99 Å². The van der Waals surface area contributed by atoms with E-state index in [2.05, 4.69) is 5.32 Å². The molecule has 1 amide bonds. The van der Waals surface area contributed by atoms with E-state index in [1.807, 2.05) is 4.90 Å². The number of rotatable bonds is 3. The van der Waals surface area contributed by atoms with E-state index in [0.717, 1.165) is 25.3 Å². The summed E-state index contributed by atoms with van der Waals surface area (Å²) in [5.74, 6) is 1.40. The van der Waals surface area contributed by atoms with E-state index >= 15 is 0 Å². The van der Waals surface area contributed by atoms with E-state index in [9.17, 15) is 4.79 Å². The SMILES string of the molecule is O=C(CCC1=N[C@@H]2CCCC[C@@H]2N1)N1CCCCC1. The summed E-state index contributed by atoms with van der Waals surface area (Å²) < 4.78 is 0. The van der Waals surface area contributed by atoms with Crippen LogP contribution in [0.5, 0.6) is 0 Å². The van der Waals surface area contributed by atoms with Crippen LogP contribution >= 0.6 is 0 Å². The highest BCUT2D eigenvalue weighted by Gasteiger charge is 2.30. The fourth-order valence-corrected chi connectivity index (χ4v) is 3.55. The molecular weight excluding hydrogens is 238 g/mol. The summed E-state index contributed by atoms with van der Waals surface area (Å²) in [6.07, 6.45) is 10.2. The molecule has 0 aromatic heterocycles. The molecule has 4 heteroatoms. The Bertz CT molecular complexity index is 360. The lowest BCUT2D eigenvalue weighted by Gasteiger charge is -2.26. The Morgan fingerprint density at radius 1 is 1.16 bits per heavy atom. The molecule has 4 nitrogen and oxygen atoms in total. The van der Waals surface area contributed by atoms with Gasteiger partial charge in [0.25, 0.3) is 0 Å². The maximum Gasteiger partial charge on any atom is 0.223 e. The number of nitrogens with one attached hydrogen (secondary N) is 1. The molecule has 0 bridgehead atoms. The molecule has 19 heavy (non-hydrogen) atoms. The summed E-state index contributed by atoms with van der Waals surface area (Å²) >= 11 is 0. The number of aliphatic imine (C=N–C) groups is 1. The van der Waals surface area contributed by atoms with E-state index in [1.165, 1.54) is 44.9 Å². The second-order valence-corrected chi connectivity index (χ2v) is 6.12. The molecule has 0 radical (unpaired) electrons. The Labute approximate surface area is 115 Å². The summed E-state index contributed by atoms with van der Waals surface area (Å²) in [5.41, 5.74) is 0. The van der Waals surface area contributed by atoms with Crippen LogP contribution in [-0.2, 0) is 4.79 Å². The normalized spacial score (nSPS) is 30.5. The Balaban J connectivity index is 1.45. The number of amidine groups is 1. The Morgan fingerprint density at radius 3 is 2.74 bits per heavy atom. The second kappa shape index (κ2) is 5.93. The van der Waals surface area contributed by atoms with Gasteiger partial charge in [-0.15, -0.1) is 0 Å². The van der Waals surface area contributed by atoms with Crippen LogP contribution in [-0.4, -0.2) is 41.8 Å². The van der Waals surface area contributed by atoms with Crippen molar-refractivity contribution in [3.63, 3.8) is 0 Å². The molecule has 1 N–H and O–H groups in total. The lowest BCUT2D eigenvalue weighted by molar-refractivity contribution is -0.131. The zero-order valence-corrected chi connectivity index (χ0v) is 11.7. The summed E-state index contributed by atoms with van der Waals surface area (Å²) in [6.45, 7) is 1.92. The number of carbonyl (C=O) groups is 1. The van der Waals surface area contributed by atoms with Gasteiger partial charge in [-0.05, 0) is 32.1 Å². The van der Waals surface area contributed by atoms with Crippen molar-refractivity contribution in [3.05, 3.63) is 0 Å². The Hall–Kier alpha value is -1.06. The fourth-order valence-electron chi connectivity index (χ4n) is 3.55. The Kier molecular flexibility index (Phi) is 4.04. The third kappa shape index (κ3) is 3.10. The summed E-state index contributed by atoms with van der Waals surface area (Å²) in [7, 11) is 0. The quantitative estimate of drug-likeness (QED) is 0.847. The third-order valence-electron chi connectivity index (χ3n) is 4.69. The summed E-state index contributed by atoms with van der Waals surface area (Å²) in [5, 5.41) is 3.53. The van der Waals surface area contributed by atoms with Gasteiger partial charge in [0, 0.05) is 32.0 Å². The number of amides is 1. The van der Waals surface area contributed by atoms with Gasteiger partial charge in [-0.25, -0.2) is 0 Å². The molecule has 1 saturated heterocycles. The number of carbonyl (C=O) groups excluding carboxylic acids is 1. The smallest absolute Gasteiger partial charge is 0.223 e. The molecule has 0 unspecified atom stereocenters. The van der Waals surface area contributed by atoms with Crippen molar-refractivity contribution in [3.8, 4) is 0 Å². The van der Waals surface area contributed by atoms with Gasteiger partial charge < -0.3 is 10.2 Å². The van der Waals surface area contributed by atoms with Crippen LogP contribution in [0.15, 0.2) is 4.99 Å². The largest absolute Gasteiger partial charge is 0.369 e. The number of likely N-dealkylation sites (tertiary alicyclic amines) is 1. The highest BCUT2D eigenvalue weighted by Crippen LogP contribution is 2.25. The lowest BCUT2D eigenvalue weighted by atomic mass is 9.92. The first kappa shape index (κ1) is 12.9. The van der Waals surface area contributed by atoms with Crippen molar-refractivity contribution in [1.29, 1.82) is 0 Å². The first-order valence-corrected chi connectivity index (χ1v) is 7.94. The van der Waals surface area contributed by atoms with E-state index in [-0.39, 0.29) is 0 Å². The predicted molar refractivity (Wildman–Crippen MR) is 76.3 cm³/mol. The molecule has 106 valence electrons. The minimum atomic E-state index is 0.319. The van der Waals surface area contributed by atoms with E-state index in [1.54, 1.807) is 0 Å². The first-order chi connectivity index (χ1) is 9.33. The molecule has 0 aromatic carbocycles. The van der Waals surface area contributed by atoms with Gasteiger partial charge in [0.2, 0.25) is 5.91 Å². The molecule has 0 aromatic rings. The first-order valence-electron chi connectivity index (χ1n) is 7.94. The Morgan fingerprint density at radius 2 is 1.95 bits per heavy atom. The maximum atomic E-state index is 12.1. The summed E-state index contributed by atoms with van der Waals surface area (Å²) in [6, 6.07) is 1.06. The van der Waals surface area contributed by atoms with Crippen LogP contribution in [0.2, 0.25) is 0 Å². The molecular formula is C15H25N3O. The van der Waals surface area contributed by atoms with Gasteiger partial charge >= 0.3 is 0 Å². The second-order valence-electron chi connectivity index (χ2n) is 6.12.